The SMILES string of the molecule is Cc1ccc(CC[N+](C)(C)C)cc1N. The highest BCUT2D eigenvalue weighted by Gasteiger charge is 2.07. The Kier molecular flexibility index (Phi) is 3.17. The summed E-state index contributed by atoms with van der Waals surface area (Å²) in [4.78, 5) is 0. The van der Waals surface area contributed by atoms with Gasteiger partial charge in [0.15, 0.2) is 0 Å². The molecule has 0 fully saturated rings. The third kappa shape index (κ3) is 3.38. The van der Waals surface area contributed by atoms with E-state index in [1.807, 2.05) is 6.92 Å². The van der Waals surface area contributed by atoms with E-state index < -0.39 is 0 Å². The van der Waals surface area contributed by atoms with E-state index in [4.69, 9.17) is 5.73 Å². The second kappa shape index (κ2) is 4.01. The number of hydrogen-bond acceptors (Lipinski definition) is 1. The van der Waals surface area contributed by atoms with Gasteiger partial charge in [0, 0.05) is 12.1 Å². The maximum absolute atomic E-state index is 5.85. The number of nitrogens with zero attached hydrogens (tertiary/aromatic N) is 1. The summed E-state index contributed by atoms with van der Waals surface area (Å²) in [7, 11) is 6.62. The molecule has 0 aliphatic carbocycles. The number of anilines is 1. The minimum absolute atomic E-state index is 0.906. The van der Waals surface area contributed by atoms with Crippen molar-refractivity contribution in [2.24, 2.45) is 0 Å². The van der Waals surface area contributed by atoms with E-state index in [0.29, 0.717) is 0 Å². The Labute approximate surface area is 86.9 Å². The molecule has 2 N–H and O–H groups in total. The van der Waals surface area contributed by atoms with E-state index in [9.17, 15) is 0 Å². The van der Waals surface area contributed by atoms with E-state index in [-0.39, 0.29) is 0 Å². The lowest BCUT2D eigenvalue weighted by Gasteiger charge is -2.23. The van der Waals surface area contributed by atoms with Crippen molar-refractivity contribution < 1.29 is 4.48 Å². The highest BCUT2D eigenvalue weighted by atomic mass is 15.3. The lowest BCUT2D eigenvalue weighted by Crippen LogP contribution is -2.36. The molecule has 1 rings (SSSR count). The van der Waals surface area contributed by atoms with Crippen LogP contribution in [0.3, 0.4) is 0 Å². The summed E-state index contributed by atoms with van der Waals surface area (Å²) in [5.41, 5.74) is 9.26. The largest absolute Gasteiger partial charge is 0.399 e. The van der Waals surface area contributed by atoms with Crippen LogP contribution in [-0.4, -0.2) is 32.2 Å². The highest BCUT2D eigenvalue weighted by Crippen LogP contribution is 2.13. The van der Waals surface area contributed by atoms with Gasteiger partial charge in [-0.05, 0) is 24.1 Å². The van der Waals surface area contributed by atoms with Crippen LogP contribution in [0.2, 0.25) is 0 Å². The molecule has 1 aromatic carbocycles. The summed E-state index contributed by atoms with van der Waals surface area (Å²) < 4.78 is 0.994. The fraction of sp³-hybridized carbons (Fsp3) is 0.500. The summed E-state index contributed by atoms with van der Waals surface area (Å²) in [6.07, 6.45) is 1.09. The zero-order chi connectivity index (χ0) is 10.8. The van der Waals surface area contributed by atoms with Crippen LogP contribution < -0.4 is 5.73 Å². The third-order valence-corrected chi connectivity index (χ3v) is 2.41. The predicted octanol–water partition coefficient (Wildman–Crippen LogP) is 1.83. The molecule has 0 saturated heterocycles. The quantitative estimate of drug-likeness (QED) is 0.575. The van der Waals surface area contributed by atoms with Gasteiger partial charge in [0.25, 0.3) is 0 Å². The molecule has 0 aliphatic heterocycles. The summed E-state index contributed by atoms with van der Waals surface area (Å²) in [5.74, 6) is 0. The van der Waals surface area contributed by atoms with Gasteiger partial charge in [0.05, 0.1) is 27.7 Å². The molecule has 2 nitrogen and oxygen atoms in total. The van der Waals surface area contributed by atoms with E-state index in [0.717, 1.165) is 23.1 Å². The van der Waals surface area contributed by atoms with Gasteiger partial charge in [-0.25, -0.2) is 0 Å². The van der Waals surface area contributed by atoms with Crippen LogP contribution in [0.25, 0.3) is 0 Å². The zero-order valence-corrected chi connectivity index (χ0v) is 9.67. The minimum Gasteiger partial charge on any atom is -0.399 e. The van der Waals surface area contributed by atoms with Crippen LogP contribution in [0.4, 0.5) is 5.69 Å². The molecular weight excluding hydrogens is 172 g/mol. The fourth-order valence-corrected chi connectivity index (χ4v) is 1.31. The second-order valence-electron chi connectivity index (χ2n) is 4.95. The van der Waals surface area contributed by atoms with Crippen molar-refractivity contribution in [1.29, 1.82) is 0 Å². The average molecular weight is 193 g/mol. The molecule has 0 aliphatic rings. The van der Waals surface area contributed by atoms with Gasteiger partial charge < -0.3 is 10.2 Å². The first-order valence-electron chi connectivity index (χ1n) is 5.04. The van der Waals surface area contributed by atoms with Gasteiger partial charge in [0.2, 0.25) is 0 Å². The Hall–Kier alpha value is -1.02. The maximum atomic E-state index is 5.85. The Morgan fingerprint density at radius 2 is 1.86 bits per heavy atom. The monoisotopic (exact) mass is 193 g/mol. The second-order valence-corrected chi connectivity index (χ2v) is 4.95. The number of aryl methyl sites for hydroxylation is 1. The van der Waals surface area contributed by atoms with E-state index >= 15 is 0 Å². The Morgan fingerprint density at radius 3 is 2.36 bits per heavy atom. The standard InChI is InChI=1S/C12H21N2/c1-10-5-6-11(9-12(10)13)7-8-14(2,3)4/h5-6,9H,7-8,13H2,1-4H3/q+1. The molecule has 0 amide bonds. The van der Waals surface area contributed by atoms with Gasteiger partial charge in [-0.15, -0.1) is 0 Å². The van der Waals surface area contributed by atoms with E-state index in [1.54, 1.807) is 0 Å². The molecule has 2 heteroatoms. The topological polar surface area (TPSA) is 26.0 Å². The van der Waals surface area contributed by atoms with Crippen molar-refractivity contribution in [2.75, 3.05) is 33.4 Å². The van der Waals surface area contributed by atoms with Gasteiger partial charge in [-0.2, -0.15) is 0 Å². The van der Waals surface area contributed by atoms with Gasteiger partial charge in [0.1, 0.15) is 0 Å². The summed E-state index contributed by atoms with van der Waals surface area (Å²) in [5, 5.41) is 0. The van der Waals surface area contributed by atoms with Gasteiger partial charge >= 0.3 is 0 Å². The molecule has 14 heavy (non-hydrogen) atoms. The third-order valence-electron chi connectivity index (χ3n) is 2.41. The molecule has 0 bridgehead atoms. The molecule has 0 aromatic heterocycles. The molecule has 0 unspecified atom stereocenters. The van der Waals surface area contributed by atoms with Crippen molar-refractivity contribution in [3.05, 3.63) is 29.3 Å². The molecule has 0 radical (unpaired) electrons. The minimum atomic E-state index is 0.906. The number of nitrogens with two attached hydrogens (primary N) is 1. The van der Waals surface area contributed by atoms with Crippen LogP contribution >= 0.6 is 0 Å². The predicted molar refractivity (Wildman–Crippen MR) is 62.2 cm³/mol. The molecular formula is C12H21N2+. The zero-order valence-electron chi connectivity index (χ0n) is 9.67. The summed E-state index contributed by atoms with van der Waals surface area (Å²) in [6.45, 7) is 3.18. The van der Waals surface area contributed by atoms with Crippen molar-refractivity contribution in [1.82, 2.24) is 0 Å². The molecule has 0 heterocycles. The van der Waals surface area contributed by atoms with Crippen LogP contribution in [-0.2, 0) is 6.42 Å². The number of nitrogen functional groups attached to an aromatic ring is 1. The first-order valence-corrected chi connectivity index (χ1v) is 5.04. The van der Waals surface area contributed by atoms with Crippen LogP contribution in [0.15, 0.2) is 18.2 Å². The van der Waals surface area contributed by atoms with Gasteiger partial charge in [-0.1, -0.05) is 12.1 Å². The normalized spacial score (nSPS) is 11.7. The van der Waals surface area contributed by atoms with Crippen LogP contribution in [0.1, 0.15) is 11.1 Å². The van der Waals surface area contributed by atoms with Crippen LogP contribution in [0.5, 0.6) is 0 Å². The van der Waals surface area contributed by atoms with E-state index in [1.165, 1.54) is 11.1 Å². The number of benzene rings is 1. The van der Waals surface area contributed by atoms with Gasteiger partial charge in [-0.3, -0.25) is 0 Å². The first-order chi connectivity index (χ1) is 6.38. The average Bonchev–Trinajstić information content (AvgIpc) is 2.06. The Balaban J connectivity index is 2.65. The molecule has 78 valence electrons. The maximum Gasteiger partial charge on any atom is 0.0821 e. The summed E-state index contributed by atoms with van der Waals surface area (Å²) in [6, 6.07) is 6.35. The number of quaternary nitrogens is 1. The number of likely N-dealkylation sites (N-methyl/N-ethyl adjacent to an activating group) is 1. The lowest BCUT2D eigenvalue weighted by atomic mass is 10.1. The molecule has 0 atom stereocenters. The van der Waals surface area contributed by atoms with Crippen molar-refractivity contribution in [3.63, 3.8) is 0 Å². The Morgan fingerprint density at radius 1 is 1.21 bits per heavy atom. The number of hydrogen-bond donors (Lipinski definition) is 1. The van der Waals surface area contributed by atoms with Crippen molar-refractivity contribution >= 4 is 5.69 Å². The smallest absolute Gasteiger partial charge is 0.0821 e. The number of rotatable bonds is 3. The van der Waals surface area contributed by atoms with Crippen molar-refractivity contribution in [2.45, 2.75) is 13.3 Å². The highest BCUT2D eigenvalue weighted by molar-refractivity contribution is 5.48. The van der Waals surface area contributed by atoms with E-state index in [2.05, 4.69) is 39.3 Å². The molecule has 0 spiro atoms. The van der Waals surface area contributed by atoms with Crippen LogP contribution in [0, 0.1) is 6.92 Å². The molecule has 0 saturated carbocycles. The molecule has 1 aromatic rings. The summed E-state index contributed by atoms with van der Waals surface area (Å²) >= 11 is 0. The Bertz CT molecular complexity index is 311. The fourth-order valence-electron chi connectivity index (χ4n) is 1.31. The van der Waals surface area contributed by atoms with Crippen molar-refractivity contribution in [3.8, 4) is 0 Å². The lowest BCUT2D eigenvalue weighted by molar-refractivity contribution is -0.870. The first kappa shape index (κ1) is 11.1.